The zero-order valence-electron chi connectivity index (χ0n) is 15.0. The quantitative estimate of drug-likeness (QED) is 0.602. The van der Waals surface area contributed by atoms with E-state index in [-0.39, 0.29) is 17.7 Å². The summed E-state index contributed by atoms with van der Waals surface area (Å²) in [5.41, 5.74) is -0.320. The number of esters is 2. The molecule has 6 nitrogen and oxygen atoms in total. The number of benzene rings is 1. The Balaban J connectivity index is 2.89. The number of ether oxygens (including phenoxy) is 2. The number of nitrogens with zero attached hydrogens (tertiary/aromatic N) is 1. The molecule has 136 valence electrons. The Hall–Kier alpha value is -2.70. The molecular weight excluding hydrogens is 329 g/mol. The van der Waals surface area contributed by atoms with Gasteiger partial charge < -0.3 is 14.4 Å². The van der Waals surface area contributed by atoms with Crippen LogP contribution < -0.4 is 0 Å². The average Bonchev–Trinajstić information content (AvgIpc) is 2.52. The van der Waals surface area contributed by atoms with Gasteiger partial charge in [0.15, 0.2) is 0 Å². The molecule has 0 spiro atoms. The second-order valence-corrected chi connectivity index (χ2v) is 6.36. The fourth-order valence-corrected chi connectivity index (χ4v) is 1.83. The minimum atomic E-state index is -0.670. The van der Waals surface area contributed by atoms with Crippen molar-refractivity contribution < 1.29 is 28.2 Å². The molecule has 0 unspecified atom stereocenters. The lowest BCUT2D eigenvalue weighted by Crippen LogP contribution is -2.26. The minimum absolute atomic E-state index is 0.0766. The van der Waals surface area contributed by atoms with Crippen molar-refractivity contribution in [1.29, 1.82) is 0 Å². The number of likely N-dealkylation sites (N-methyl/N-ethyl adjacent to an activating group) is 1. The number of carbonyl (C=O) groups excluding carboxylic acids is 3. The van der Waals surface area contributed by atoms with Crippen molar-refractivity contribution in [1.82, 2.24) is 4.90 Å². The van der Waals surface area contributed by atoms with Crippen LogP contribution in [0, 0.1) is 5.82 Å². The highest BCUT2D eigenvalue weighted by Crippen LogP contribution is 2.17. The fourth-order valence-electron chi connectivity index (χ4n) is 1.83. The van der Waals surface area contributed by atoms with Gasteiger partial charge in [-0.2, -0.15) is 0 Å². The second-order valence-electron chi connectivity index (χ2n) is 6.36. The van der Waals surface area contributed by atoms with E-state index >= 15 is 0 Å². The van der Waals surface area contributed by atoms with Gasteiger partial charge in [0.2, 0.25) is 5.91 Å². The Bertz CT molecular complexity index is 691. The Labute approximate surface area is 146 Å². The van der Waals surface area contributed by atoms with E-state index in [1.54, 1.807) is 20.8 Å². The summed E-state index contributed by atoms with van der Waals surface area (Å²) in [6.07, 6.45) is 2.01. The molecule has 0 N–H and O–H groups in total. The third kappa shape index (κ3) is 6.74. The van der Waals surface area contributed by atoms with Crippen molar-refractivity contribution in [2.24, 2.45) is 0 Å². The van der Waals surface area contributed by atoms with Crippen LogP contribution in [0.3, 0.4) is 0 Å². The van der Waals surface area contributed by atoms with Crippen molar-refractivity contribution in [2.75, 3.05) is 14.2 Å². The number of halogens is 1. The van der Waals surface area contributed by atoms with E-state index in [2.05, 4.69) is 4.74 Å². The second kappa shape index (κ2) is 8.41. The van der Waals surface area contributed by atoms with Gasteiger partial charge in [-0.05, 0) is 39.0 Å². The van der Waals surface area contributed by atoms with Gasteiger partial charge in [-0.15, -0.1) is 0 Å². The molecule has 0 heterocycles. The predicted molar refractivity (Wildman–Crippen MR) is 89.2 cm³/mol. The monoisotopic (exact) mass is 351 g/mol. The van der Waals surface area contributed by atoms with Crippen LogP contribution in [0.15, 0.2) is 30.4 Å². The van der Waals surface area contributed by atoms with Crippen molar-refractivity contribution in [3.8, 4) is 0 Å². The largest absolute Gasteiger partial charge is 0.466 e. The molecule has 0 aliphatic rings. The molecule has 25 heavy (non-hydrogen) atoms. The van der Waals surface area contributed by atoms with E-state index in [1.807, 2.05) is 0 Å². The van der Waals surface area contributed by atoms with Gasteiger partial charge in [0.25, 0.3) is 0 Å². The van der Waals surface area contributed by atoms with Gasteiger partial charge in [-0.3, -0.25) is 4.79 Å². The van der Waals surface area contributed by atoms with Crippen LogP contribution in [-0.2, 0) is 25.6 Å². The topological polar surface area (TPSA) is 72.9 Å². The van der Waals surface area contributed by atoms with Crippen LogP contribution in [0.25, 0.3) is 0 Å². The first-order valence-corrected chi connectivity index (χ1v) is 7.56. The number of rotatable bonds is 5. The average molecular weight is 351 g/mol. The molecule has 0 saturated carbocycles. The molecule has 0 radical (unpaired) electrons. The van der Waals surface area contributed by atoms with Gasteiger partial charge in [0.05, 0.1) is 12.7 Å². The van der Waals surface area contributed by atoms with Gasteiger partial charge in [0.1, 0.15) is 11.4 Å². The summed E-state index contributed by atoms with van der Waals surface area (Å²) >= 11 is 0. The molecule has 0 aliphatic heterocycles. The molecule has 0 bridgehead atoms. The van der Waals surface area contributed by atoms with Crippen LogP contribution in [0.2, 0.25) is 0 Å². The Morgan fingerprint density at radius 2 is 1.84 bits per heavy atom. The molecule has 1 amide bonds. The number of methoxy groups -OCH3 is 1. The lowest BCUT2D eigenvalue weighted by atomic mass is 10.1. The zero-order chi connectivity index (χ0) is 19.2. The molecular formula is C18H22FNO5. The Morgan fingerprint density at radius 3 is 2.40 bits per heavy atom. The normalized spacial score (nSPS) is 11.3. The van der Waals surface area contributed by atoms with E-state index in [9.17, 15) is 18.8 Å². The summed E-state index contributed by atoms with van der Waals surface area (Å²) in [4.78, 5) is 36.2. The molecule has 0 aliphatic carbocycles. The lowest BCUT2D eigenvalue weighted by Gasteiger charge is -2.20. The third-order valence-electron chi connectivity index (χ3n) is 3.03. The maximum Gasteiger partial charge on any atom is 0.338 e. The number of carbonyl (C=O) groups is 3. The number of amides is 1. The fraction of sp³-hybridized carbons (Fsp3) is 0.389. The molecule has 0 saturated heterocycles. The number of hydrogen-bond acceptors (Lipinski definition) is 5. The predicted octanol–water partition coefficient (Wildman–Crippen LogP) is 2.47. The van der Waals surface area contributed by atoms with Crippen molar-refractivity contribution in [3.63, 3.8) is 0 Å². The van der Waals surface area contributed by atoms with Gasteiger partial charge in [-0.1, -0.05) is 0 Å². The molecule has 0 aromatic heterocycles. The summed E-state index contributed by atoms with van der Waals surface area (Å²) in [6, 6.07) is 3.82. The van der Waals surface area contributed by atoms with Gasteiger partial charge in [-0.25, -0.2) is 14.0 Å². The summed E-state index contributed by atoms with van der Waals surface area (Å²) in [7, 11) is 2.64. The van der Waals surface area contributed by atoms with Crippen molar-refractivity contribution in [3.05, 3.63) is 47.3 Å². The summed E-state index contributed by atoms with van der Waals surface area (Å²) in [5, 5.41) is 0. The highest BCUT2D eigenvalue weighted by molar-refractivity contribution is 5.94. The number of hydrogen-bond donors (Lipinski definition) is 0. The summed E-state index contributed by atoms with van der Waals surface area (Å²) < 4.78 is 23.6. The molecule has 1 aromatic rings. The molecule has 0 fully saturated rings. The maximum atomic E-state index is 14.0. The molecule has 1 rings (SSSR count). The maximum absolute atomic E-state index is 14.0. The van der Waals surface area contributed by atoms with E-state index in [4.69, 9.17) is 4.74 Å². The van der Waals surface area contributed by atoms with Crippen LogP contribution in [0.1, 0.15) is 36.7 Å². The Morgan fingerprint density at radius 1 is 1.20 bits per heavy atom. The molecule has 0 atom stereocenters. The van der Waals surface area contributed by atoms with E-state index in [0.717, 1.165) is 18.2 Å². The zero-order valence-corrected chi connectivity index (χ0v) is 15.0. The van der Waals surface area contributed by atoms with E-state index in [0.29, 0.717) is 0 Å². The smallest absolute Gasteiger partial charge is 0.338 e. The minimum Gasteiger partial charge on any atom is -0.466 e. The standard InChI is InChI=1S/C18H22FNO5/c1-18(2,3)25-17(23)12-6-7-14(19)13(10-12)11-20(4)15(21)8-9-16(22)24-5/h6-10H,11H2,1-5H3/b9-8+. The summed E-state index contributed by atoms with van der Waals surface area (Å²) in [6.45, 7) is 5.12. The van der Waals surface area contributed by atoms with Gasteiger partial charge >= 0.3 is 11.9 Å². The first-order valence-electron chi connectivity index (χ1n) is 7.56. The van der Waals surface area contributed by atoms with E-state index in [1.165, 1.54) is 31.2 Å². The third-order valence-corrected chi connectivity index (χ3v) is 3.03. The summed E-state index contributed by atoms with van der Waals surface area (Å²) in [5.74, 6) is -2.30. The van der Waals surface area contributed by atoms with Crippen LogP contribution in [0.5, 0.6) is 0 Å². The first kappa shape index (κ1) is 20.3. The van der Waals surface area contributed by atoms with Gasteiger partial charge in [0, 0.05) is 31.3 Å². The molecule has 1 aromatic carbocycles. The SMILES string of the molecule is COC(=O)/C=C/C(=O)N(C)Cc1cc(C(=O)OC(C)(C)C)ccc1F. The Kier molecular flexibility index (Phi) is 6.85. The van der Waals surface area contributed by atoms with Crippen LogP contribution in [0.4, 0.5) is 4.39 Å². The van der Waals surface area contributed by atoms with Crippen molar-refractivity contribution >= 4 is 17.8 Å². The molecule has 7 heteroatoms. The van der Waals surface area contributed by atoms with Crippen LogP contribution >= 0.6 is 0 Å². The van der Waals surface area contributed by atoms with Crippen molar-refractivity contribution in [2.45, 2.75) is 32.9 Å². The lowest BCUT2D eigenvalue weighted by molar-refractivity contribution is -0.135. The highest BCUT2D eigenvalue weighted by atomic mass is 19.1. The van der Waals surface area contributed by atoms with E-state index < -0.39 is 29.3 Å². The van der Waals surface area contributed by atoms with Crippen LogP contribution in [-0.4, -0.2) is 42.5 Å². The highest BCUT2D eigenvalue weighted by Gasteiger charge is 2.19. The first-order chi connectivity index (χ1) is 11.5.